The number of ether oxygens (including phenoxy) is 2. The number of aliphatic carboxylic acids is 1. The van der Waals surface area contributed by atoms with Crippen LogP contribution in [0.15, 0.2) is 0 Å². The lowest BCUT2D eigenvalue weighted by molar-refractivity contribution is -0.217. The molecule has 7 heteroatoms. The monoisotopic (exact) mass is 507 g/mol. The molecule has 4 unspecified atom stereocenters. The maximum absolute atomic E-state index is 11.8. The minimum atomic E-state index is -2.05. The van der Waals surface area contributed by atoms with E-state index in [1.54, 1.807) is 0 Å². The fourth-order valence-corrected chi connectivity index (χ4v) is 5.69. The number of hydrogen-bond acceptors (Lipinski definition) is 5. The Bertz CT molecular complexity index is 480. The molecule has 0 rings (SSSR count). The maximum Gasteiger partial charge on any atom is 0.472 e. The lowest BCUT2D eigenvalue weighted by Crippen LogP contribution is -2.44. The SMILES string of the molecule is CCCCCCCCCCCCSC(CCCCCC)C(C)OC(OCCC)([PH+]=O)C(=O)O. The van der Waals surface area contributed by atoms with E-state index in [1.807, 2.05) is 25.6 Å². The van der Waals surface area contributed by atoms with Gasteiger partial charge in [-0.1, -0.05) is 109 Å². The van der Waals surface area contributed by atoms with Gasteiger partial charge in [0.05, 0.1) is 12.7 Å². The van der Waals surface area contributed by atoms with E-state index in [0.29, 0.717) is 6.42 Å². The van der Waals surface area contributed by atoms with Gasteiger partial charge in [-0.05, 0) is 31.9 Å². The minimum Gasteiger partial charge on any atom is -0.474 e. The first-order valence-corrected chi connectivity index (χ1v) is 15.5. The first kappa shape index (κ1) is 32.8. The second kappa shape index (κ2) is 22.3. The fraction of sp³-hybridized carbons (Fsp3) is 0.962. The second-order valence-corrected chi connectivity index (χ2v) is 11.3. The highest BCUT2D eigenvalue weighted by Crippen LogP contribution is 2.33. The zero-order chi connectivity index (χ0) is 24.8. The Labute approximate surface area is 209 Å². The normalized spacial score (nSPS) is 15.4. The van der Waals surface area contributed by atoms with Gasteiger partial charge in [0.2, 0.25) is 0 Å². The van der Waals surface area contributed by atoms with Crippen LogP contribution < -0.4 is 0 Å². The van der Waals surface area contributed by atoms with Crippen molar-refractivity contribution >= 4 is 26.2 Å². The van der Waals surface area contributed by atoms with Crippen LogP contribution in [0.5, 0.6) is 0 Å². The fourth-order valence-electron chi connectivity index (χ4n) is 3.88. The molecule has 0 fully saturated rings. The van der Waals surface area contributed by atoms with Gasteiger partial charge in [-0.2, -0.15) is 11.8 Å². The van der Waals surface area contributed by atoms with Crippen LogP contribution in [-0.2, 0) is 18.8 Å². The van der Waals surface area contributed by atoms with Crippen molar-refractivity contribution in [1.29, 1.82) is 0 Å². The van der Waals surface area contributed by atoms with E-state index in [9.17, 15) is 14.5 Å². The molecule has 4 atom stereocenters. The van der Waals surface area contributed by atoms with Crippen LogP contribution in [0.3, 0.4) is 0 Å². The number of thioether (sulfide) groups is 1. The molecule has 0 radical (unpaired) electrons. The Balaban J connectivity index is 4.53. The van der Waals surface area contributed by atoms with Gasteiger partial charge in [-0.15, -0.1) is 0 Å². The largest absolute Gasteiger partial charge is 0.474 e. The summed E-state index contributed by atoms with van der Waals surface area (Å²) in [5.74, 6) is -0.251. The first-order chi connectivity index (χ1) is 16.0. The summed E-state index contributed by atoms with van der Waals surface area (Å²) in [5.41, 5.74) is -2.05. The van der Waals surface area contributed by atoms with Crippen molar-refractivity contribution in [3.63, 3.8) is 0 Å². The standard InChI is InChI=1S/C26H51O5PS/c1-5-8-10-12-13-14-15-16-17-19-22-33-24(20-18-11-9-6-2)23(4)31-26(32-29,25(27)28)30-21-7-3/h23-24H,5-22H2,1-4H3,(H,27,28)/p+1. The number of carboxylic acid groups (broad SMARTS) is 1. The van der Waals surface area contributed by atoms with Crippen molar-refractivity contribution in [3.05, 3.63) is 0 Å². The molecule has 0 aliphatic rings. The topological polar surface area (TPSA) is 72.8 Å². The van der Waals surface area contributed by atoms with Gasteiger partial charge in [0.15, 0.2) is 0 Å². The quantitative estimate of drug-likeness (QED) is 0.0758. The van der Waals surface area contributed by atoms with Crippen molar-refractivity contribution in [1.82, 2.24) is 0 Å². The van der Waals surface area contributed by atoms with Crippen molar-refractivity contribution < 1.29 is 23.9 Å². The van der Waals surface area contributed by atoms with E-state index in [2.05, 4.69) is 13.8 Å². The molecule has 0 aliphatic heterocycles. The summed E-state index contributed by atoms with van der Waals surface area (Å²) >= 11 is 1.88. The average molecular weight is 508 g/mol. The Morgan fingerprint density at radius 1 is 0.848 bits per heavy atom. The van der Waals surface area contributed by atoms with Gasteiger partial charge in [0, 0.05) is 5.25 Å². The van der Waals surface area contributed by atoms with Gasteiger partial charge in [-0.25, -0.2) is 4.79 Å². The molecule has 0 saturated heterocycles. The molecule has 0 aromatic carbocycles. The first-order valence-electron chi connectivity index (χ1n) is 13.5. The van der Waals surface area contributed by atoms with E-state index >= 15 is 0 Å². The molecule has 0 bridgehead atoms. The summed E-state index contributed by atoms with van der Waals surface area (Å²) in [6, 6.07) is 0. The van der Waals surface area contributed by atoms with Gasteiger partial charge in [-0.3, -0.25) is 4.74 Å². The number of carbonyl (C=O) groups is 1. The van der Waals surface area contributed by atoms with E-state index in [4.69, 9.17) is 9.47 Å². The van der Waals surface area contributed by atoms with Gasteiger partial charge < -0.3 is 9.84 Å². The highest BCUT2D eigenvalue weighted by Gasteiger charge is 2.53. The lowest BCUT2D eigenvalue weighted by Gasteiger charge is -2.27. The van der Waals surface area contributed by atoms with Crippen molar-refractivity contribution in [2.45, 2.75) is 147 Å². The number of unbranched alkanes of at least 4 members (excludes halogenated alkanes) is 12. The molecule has 1 N–H and O–H groups in total. The second-order valence-electron chi connectivity index (χ2n) is 9.14. The van der Waals surface area contributed by atoms with E-state index < -0.39 is 20.0 Å². The molecule has 0 spiro atoms. The smallest absolute Gasteiger partial charge is 0.472 e. The molecule has 0 aromatic heterocycles. The lowest BCUT2D eigenvalue weighted by atomic mass is 10.1. The molecule has 0 saturated carbocycles. The highest BCUT2D eigenvalue weighted by atomic mass is 32.2. The third-order valence-corrected chi connectivity index (χ3v) is 8.29. The molecule has 5 nitrogen and oxygen atoms in total. The van der Waals surface area contributed by atoms with Crippen molar-refractivity contribution in [2.75, 3.05) is 12.4 Å². The molecule has 0 aromatic rings. The predicted octanol–water partition coefficient (Wildman–Crippen LogP) is 8.57. The summed E-state index contributed by atoms with van der Waals surface area (Å²) in [7, 11) is -1.20. The Hall–Kier alpha value is -0.160. The number of hydrogen-bond donors (Lipinski definition) is 1. The van der Waals surface area contributed by atoms with E-state index in [1.165, 1.54) is 83.5 Å². The third kappa shape index (κ3) is 16.2. The molecular weight excluding hydrogens is 455 g/mol. The van der Waals surface area contributed by atoms with Crippen LogP contribution >= 0.6 is 20.2 Å². The van der Waals surface area contributed by atoms with Crippen LogP contribution in [0, 0.1) is 0 Å². The summed E-state index contributed by atoms with van der Waals surface area (Å²) < 4.78 is 23.1. The molecule has 0 aliphatic carbocycles. The van der Waals surface area contributed by atoms with Gasteiger partial charge >= 0.3 is 20.0 Å². The van der Waals surface area contributed by atoms with Crippen molar-refractivity contribution in [3.8, 4) is 0 Å². The molecule has 0 heterocycles. The van der Waals surface area contributed by atoms with Crippen molar-refractivity contribution in [2.24, 2.45) is 0 Å². The average Bonchev–Trinajstić information content (AvgIpc) is 2.81. The summed E-state index contributed by atoms with van der Waals surface area (Å²) in [6.07, 6.45) is 19.2. The Kier molecular flexibility index (Phi) is 22.2. The minimum absolute atomic E-state index is 0.181. The van der Waals surface area contributed by atoms with Gasteiger partial charge in [0.1, 0.15) is 0 Å². The molecule has 0 amide bonds. The van der Waals surface area contributed by atoms with Crippen LogP contribution in [0.4, 0.5) is 0 Å². The number of rotatable bonds is 25. The van der Waals surface area contributed by atoms with Crippen LogP contribution in [0.25, 0.3) is 0 Å². The van der Waals surface area contributed by atoms with Gasteiger partial charge in [0.25, 0.3) is 0 Å². The zero-order valence-corrected chi connectivity index (χ0v) is 23.7. The van der Waals surface area contributed by atoms with E-state index in [0.717, 1.165) is 18.6 Å². The Morgan fingerprint density at radius 3 is 1.85 bits per heavy atom. The molecule has 33 heavy (non-hydrogen) atoms. The summed E-state index contributed by atoms with van der Waals surface area (Å²) in [4.78, 5) is 11.8. The van der Waals surface area contributed by atoms with E-state index in [-0.39, 0.29) is 18.0 Å². The predicted molar refractivity (Wildman–Crippen MR) is 143 cm³/mol. The zero-order valence-electron chi connectivity index (χ0n) is 21.9. The molecule has 196 valence electrons. The van der Waals surface area contributed by atoms with Crippen LogP contribution in [0.1, 0.15) is 130 Å². The maximum atomic E-state index is 11.8. The highest BCUT2D eigenvalue weighted by molar-refractivity contribution is 7.99. The summed E-state index contributed by atoms with van der Waals surface area (Å²) in [6.45, 7) is 8.46. The molecular formula is C26H52O5PS+. The third-order valence-electron chi connectivity index (χ3n) is 5.97. The van der Waals surface area contributed by atoms with Crippen LogP contribution in [0.2, 0.25) is 0 Å². The summed E-state index contributed by atoms with van der Waals surface area (Å²) in [5, 5.41) is 9.84. The Morgan fingerprint density at radius 2 is 1.36 bits per heavy atom. The van der Waals surface area contributed by atoms with Crippen LogP contribution in [-0.4, -0.2) is 40.3 Å². The number of carboxylic acids is 1.